The smallest absolute Gasteiger partial charge is 0.266 e. The van der Waals surface area contributed by atoms with Gasteiger partial charge in [0.1, 0.15) is 12.4 Å². The Morgan fingerprint density at radius 1 is 1.00 bits per heavy atom. The second-order valence-corrected chi connectivity index (χ2v) is 9.32. The Kier molecular flexibility index (Phi) is 7.30. The summed E-state index contributed by atoms with van der Waals surface area (Å²) in [7, 11) is 0. The first-order valence-electron chi connectivity index (χ1n) is 12.4. The van der Waals surface area contributed by atoms with E-state index in [9.17, 15) is 4.79 Å². The summed E-state index contributed by atoms with van der Waals surface area (Å²) in [4.78, 5) is 18.4. The summed E-state index contributed by atoms with van der Waals surface area (Å²) in [6, 6.07) is 25.8. The van der Waals surface area contributed by atoms with Gasteiger partial charge in [0.25, 0.3) is 5.91 Å². The van der Waals surface area contributed by atoms with Gasteiger partial charge in [-0.1, -0.05) is 54.6 Å². The Hall–Kier alpha value is -3.68. The van der Waals surface area contributed by atoms with Gasteiger partial charge in [0.05, 0.1) is 6.61 Å². The zero-order valence-corrected chi connectivity index (χ0v) is 20.2. The minimum Gasteiger partial charge on any atom is -0.494 e. The fourth-order valence-electron chi connectivity index (χ4n) is 4.71. The number of hydrazine groups is 1. The minimum absolute atomic E-state index is 0.0941. The third-order valence-corrected chi connectivity index (χ3v) is 6.64. The summed E-state index contributed by atoms with van der Waals surface area (Å²) in [6.45, 7) is 0.702. The van der Waals surface area contributed by atoms with Gasteiger partial charge in [0.15, 0.2) is 5.54 Å². The summed E-state index contributed by atoms with van der Waals surface area (Å²) in [5.74, 6) is 0.943. The van der Waals surface area contributed by atoms with Crippen LogP contribution >= 0.6 is 0 Å². The molecule has 0 aromatic heterocycles. The van der Waals surface area contributed by atoms with Crippen LogP contribution in [0, 0.1) is 0 Å². The van der Waals surface area contributed by atoms with Crippen molar-refractivity contribution in [1.29, 1.82) is 0 Å². The Bertz CT molecular complexity index is 1190. The lowest BCUT2D eigenvalue weighted by Gasteiger charge is -2.24. The van der Waals surface area contributed by atoms with Crippen molar-refractivity contribution < 1.29 is 19.4 Å². The molecule has 0 bridgehead atoms. The Morgan fingerprint density at radius 2 is 1.69 bits per heavy atom. The van der Waals surface area contributed by atoms with Gasteiger partial charge in [-0.15, -0.1) is 0 Å². The van der Waals surface area contributed by atoms with Crippen molar-refractivity contribution in [3.63, 3.8) is 0 Å². The number of ether oxygens (including phenoxy) is 2. The second-order valence-electron chi connectivity index (χ2n) is 9.32. The molecule has 7 heteroatoms. The second kappa shape index (κ2) is 10.9. The number of carbonyl (C=O) groups excluding carboxylic acids is 1. The van der Waals surface area contributed by atoms with E-state index in [0.717, 1.165) is 24.0 Å². The Labute approximate surface area is 211 Å². The molecule has 1 aliphatic carbocycles. The van der Waals surface area contributed by atoms with Gasteiger partial charge >= 0.3 is 0 Å². The number of nitrogens with zero attached hydrogens (tertiary/aromatic N) is 1. The molecule has 186 valence electrons. The number of rotatable bonds is 10. The van der Waals surface area contributed by atoms with Crippen LogP contribution in [0.25, 0.3) is 0 Å². The van der Waals surface area contributed by atoms with Crippen LogP contribution in [0.1, 0.15) is 28.7 Å². The highest BCUT2D eigenvalue weighted by molar-refractivity contribution is 6.00. The lowest BCUT2D eigenvalue weighted by atomic mass is 9.91. The zero-order chi connectivity index (χ0) is 24.8. The van der Waals surface area contributed by atoms with Crippen LogP contribution in [-0.2, 0) is 28.8 Å². The zero-order valence-electron chi connectivity index (χ0n) is 20.2. The van der Waals surface area contributed by atoms with Crippen molar-refractivity contribution in [3.05, 3.63) is 101 Å². The molecule has 1 heterocycles. The molecule has 0 spiro atoms. The summed E-state index contributed by atoms with van der Waals surface area (Å²) in [5.41, 5.74) is 9.55. The first-order chi connectivity index (χ1) is 17.6. The van der Waals surface area contributed by atoms with Crippen molar-refractivity contribution in [1.82, 2.24) is 10.9 Å². The van der Waals surface area contributed by atoms with Crippen LogP contribution in [0.15, 0.2) is 83.9 Å². The molecule has 36 heavy (non-hydrogen) atoms. The molecule has 7 nitrogen and oxygen atoms in total. The molecule has 0 radical (unpaired) electrons. The molecule has 1 atom stereocenters. The van der Waals surface area contributed by atoms with E-state index < -0.39 is 5.54 Å². The van der Waals surface area contributed by atoms with Gasteiger partial charge in [-0.25, -0.2) is 10.4 Å². The quantitative estimate of drug-likeness (QED) is 0.303. The normalized spacial score (nSPS) is 18.9. The predicted octanol–water partition coefficient (Wildman–Crippen LogP) is 2.99. The number of benzene rings is 3. The molecule has 0 saturated carbocycles. The van der Waals surface area contributed by atoms with Gasteiger partial charge < -0.3 is 14.6 Å². The van der Waals surface area contributed by atoms with E-state index in [1.165, 1.54) is 11.1 Å². The molecule has 2 aliphatic rings. The largest absolute Gasteiger partial charge is 0.494 e. The first kappa shape index (κ1) is 24.0. The van der Waals surface area contributed by atoms with Gasteiger partial charge in [-0.05, 0) is 53.8 Å². The van der Waals surface area contributed by atoms with Gasteiger partial charge in [0.2, 0.25) is 5.90 Å². The third-order valence-electron chi connectivity index (χ3n) is 6.64. The fourth-order valence-corrected chi connectivity index (χ4v) is 4.71. The highest BCUT2D eigenvalue weighted by Gasteiger charge is 2.45. The van der Waals surface area contributed by atoms with E-state index in [1.54, 1.807) is 0 Å². The van der Waals surface area contributed by atoms with Crippen LogP contribution < -0.4 is 15.6 Å². The number of nitrogens with one attached hydrogen (secondary N) is 2. The molecule has 3 aromatic rings. The van der Waals surface area contributed by atoms with E-state index in [0.29, 0.717) is 31.1 Å². The average Bonchev–Trinajstić information content (AvgIpc) is 3.53. The summed E-state index contributed by atoms with van der Waals surface area (Å²) >= 11 is 0. The van der Waals surface area contributed by atoms with Gasteiger partial charge in [-0.2, -0.15) is 0 Å². The van der Waals surface area contributed by atoms with E-state index >= 15 is 0 Å². The number of fused-ring (bicyclic) bond motifs is 1. The summed E-state index contributed by atoms with van der Waals surface area (Å²) in [6.07, 6.45) is 2.76. The average molecular weight is 486 g/mol. The highest BCUT2D eigenvalue weighted by Crippen LogP contribution is 2.28. The molecule has 3 aromatic carbocycles. The van der Waals surface area contributed by atoms with Crippen molar-refractivity contribution in [2.24, 2.45) is 4.99 Å². The van der Waals surface area contributed by atoms with Crippen molar-refractivity contribution in [3.8, 4) is 5.75 Å². The van der Waals surface area contributed by atoms with Crippen molar-refractivity contribution >= 4 is 11.8 Å². The molecule has 0 fully saturated rings. The first-order valence-corrected chi connectivity index (χ1v) is 12.4. The van der Waals surface area contributed by atoms with E-state index in [4.69, 9.17) is 19.6 Å². The lowest BCUT2D eigenvalue weighted by molar-refractivity contribution is -0.128. The van der Waals surface area contributed by atoms with E-state index in [1.807, 2.05) is 54.6 Å². The lowest BCUT2D eigenvalue weighted by Crippen LogP contribution is -2.55. The Balaban J connectivity index is 1.31. The molecule has 5 rings (SSSR count). The molecule has 1 aliphatic heterocycles. The van der Waals surface area contributed by atoms with Crippen LogP contribution in [0.4, 0.5) is 0 Å². The highest BCUT2D eigenvalue weighted by atomic mass is 16.5. The number of hydrogen-bond donors (Lipinski definition) is 3. The minimum atomic E-state index is -1.08. The topological polar surface area (TPSA) is 92.2 Å². The molecular formula is C29H31N3O4. The van der Waals surface area contributed by atoms with Gasteiger partial charge in [-0.3, -0.25) is 10.2 Å². The van der Waals surface area contributed by atoms with Crippen LogP contribution in [0.3, 0.4) is 0 Å². The van der Waals surface area contributed by atoms with Crippen LogP contribution in [-0.4, -0.2) is 48.3 Å². The standard InChI is InChI=1S/C29H31N3O4/c33-15-6-16-35-26-13-11-22(12-14-26)27-30-29(20-36-27,19-21-7-2-1-3-8-21)28(34)32-31-25-17-23-9-4-5-10-24(23)18-25/h1-5,7-14,25,31,33H,6,15-20H2,(H,32,34)/t29-/m0/s1. The SMILES string of the molecule is O=C(NNC1Cc2ccccc2C1)[C@]1(Cc2ccccc2)COC(c2ccc(OCCCO)cc2)=N1. The van der Waals surface area contributed by atoms with E-state index in [-0.39, 0.29) is 25.2 Å². The maximum atomic E-state index is 13.6. The van der Waals surface area contributed by atoms with Crippen LogP contribution in [0.2, 0.25) is 0 Å². The molecule has 3 N–H and O–H groups in total. The monoisotopic (exact) mass is 485 g/mol. The number of aliphatic hydroxyl groups is 1. The maximum absolute atomic E-state index is 13.6. The Morgan fingerprint density at radius 3 is 2.39 bits per heavy atom. The molecule has 1 amide bonds. The molecule has 0 saturated heterocycles. The number of amides is 1. The third kappa shape index (κ3) is 5.42. The van der Waals surface area contributed by atoms with Crippen LogP contribution in [0.5, 0.6) is 5.75 Å². The van der Waals surface area contributed by atoms with Gasteiger partial charge in [0, 0.05) is 31.1 Å². The summed E-state index contributed by atoms with van der Waals surface area (Å²) < 4.78 is 11.6. The number of aliphatic imine (C=N–C) groups is 1. The summed E-state index contributed by atoms with van der Waals surface area (Å²) in [5, 5.41) is 8.92. The number of aliphatic hydroxyl groups excluding tert-OH is 1. The molecular weight excluding hydrogens is 454 g/mol. The predicted molar refractivity (Wildman–Crippen MR) is 138 cm³/mol. The molecule has 0 unspecified atom stereocenters. The maximum Gasteiger partial charge on any atom is 0.266 e. The number of carbonyl (C=O) groups is 1. The van der Waals surface area contributed by atoms with Crippen molar-refractivity contribution in [2.45, 2.75) is 37.3 Å². The number of hydrogen-bond acceptors (Lipinski definition) is 6. The fraction of sp³-hybridized carbons (Fsp3) is 0.310. The van der Waals surface area contributed by atoms with Crippen molar-refractivity contribution in [2.75, 3.05) is 19.8 Å². The van der Waals surface area contributed by atoms with E-state index in [2.05, 4.69) is 35.1 Å².